The van der Waals surface area contributed by atoms with Crippen LogP contribution in [0.3, 0.4) is 0 Å². The Morgan fingerprint density at radius 3 is 2.73 bits per heavy atom. The largest absolute Gasteiger partial charge is 0.496 e. The zero-order valence-corrected chi connectivity index (χ0v) is 13.4. The van der Waals surface area contributed by atoms with Crippen LogP contribution in [0.5, 0.6) is 5.75 Å². The van der Waals surface area contributed by atoms with Gasteiger partial charge in [-0.05, 0) is 48.3 Å². The molecule has 0 saturated carbocycles. The first-order chi connectivity index (χ1) is 10.5. The second kappa shape index (κ2) is 5.55. The van der Waals surface area contributed by atoms with Gasteiger partial charge in [-0.3, -0.25) is 10.1 Å². The number of ether oxygens (including phenoxy) is 1. The molecule has 0 bridgehead atoms. The molecule has 0 aliphatic carbocycles. The topological polar surface area (TPSA) is 65.3 Å². The van der Waals surface area contributed by atoms with Crippen molar-refractivity contribution in [2.24, 2.45) is 0 Å². The molecule has 112 valence electrons. The van der Waals surface area contributed by atoms with Crippen LogP contribution >= 0.6 is 23.1 Å². The summed E-state index contributed by atoms with van der Waals surface area (Å²) in [6.45, 7) is 1.94. The lowest BCUT2D eigenvalue weighted by atomic mass is 10.0. The zero-order chi connectivity index (χ0) is 15.9. The van der Waals surface area contributed by atoms with E-state index < -0.39 is 4.92 Å². The zero-order valence-electron chi connectivity index (χ0n) is 11.8. The number of rotatable bonds is 3. The molecule has 3 aromatic rings. The van der Waals surface area contributed by atoms with E-state index in [1.165, 1.54) is 17.6 Å². The lowest BCUT2D eigenvalue weighted by molar-refractivity contribution is -0.384. The molecule has 0 amide bonds. The van der Waals surface area contributed by atoms with E-state index in [2.05, 4.69) is 4.37 Å². The van der Waals surface area contributed by atoms with E-state index in [4.69, 9.17) is 16.3 Å². The molecule has 0 radical (unpaired) electrons. The fraction of sp³-hybridized carbons (Fsp3) is 0.133. The molecule has 1 heterocycles. The molecule has 2 aromatic carbocycles. The second-order valence-corrected chi connectivity index (χ2v) is 5.98. The molecule has 5 nitrogen and oxygen atoms in total. The Hall–Kier alpha value is -2.18. The summed E-state index contributed by atoms with van der Waals surface area (Å²) in [5.74, 6) is 0.789. The van der Waals surface area contributed by atoms with Gasteiger partial charge in [-0.2, -0.15) is 4.37 Å². The van der Waals surface area contributed by atoms with Gasteiger partial charge in [0.1, 0.15) is 10.8 Å². The second-order valence-electron chi connectivity index (χ2n) is 4.77. The van der Waals surface area contributed by atoms with Gasteiger partial charge in [0.25, 0.3) is 5.69 Å². The summed E-state index contributed by atoms with van der Waals surface area (Å²) >= 11 is 7.21. The van der Waals surface area contributed by atoms with Crippen molar-refractivity contribution in [1.82, 2.24) is 4.37 Å². The SMILES string of the molecule is COc1ccc(-c2nsc3cc(Cl)c([N+](=O)[O-])cc23)cc1C. The highest BCUT2D eigenvalue weighted by Crippen LogP contribution is 2.38. The third-order valence-electron chi connectivity index (χ3n) is 3.40. The minimum atomic E-state index is -0.484. The number of aryl methyl sites for hydroxylation is 1. The maximum Gasteiger partial charge on any atom is 0.288 e. The van der Waals surface area contributed by atoms with E-state index in [1.807, 2.05) is 25.1 Å². The molecule has 0 aliphatic heterocycles. The average Bonchev–Trinajstić information content (AvgIpc) is 2.88. The van der Waals surface area contributed by atoms with Crippen LogP contribution in [0.4, 0.5) is 5.69 Å². The van der Waals surface area contributed by atoms with Crippen molar-refractivity contribution in [1.29, 1.82) is 0 Å². The maximum absolute atomic E-state index is 11.1. The Labute approximate surface area is 135 Å². The molecule has 0 unspecified atom stereocenters. The van der Waals surface area contributed by atoms with Crippen LogP contribution in [0, 0.1) is 17.0 Å². The first-order valence-electron chi connectivity index (χ1n) is 6.39. The summed E-state index contributed by atoms with van der Waals surface area (Å²) in [6.07, 6.45) is 0. The van der Waals surface area contributed by atoms with Crippen molar-refractivity contribution in [3.05, 3.63) is 51.0 Å². The van der Waals surface area contributed by atoms with Crippen LogP contribution < -0.4 is 4.74 Å². The molecular formula is C15H11ClN2O3S. The molecule has 0 atom stereocenters. The van der Waals surface area contributed by atoms with E-state index >= 15 is 0 Å². The summed E-state index contributed by atoms with van der Waals surface area (Å²) in [6, 6.07) is 8.78. The monoisotopic (exact) mass is 334 g/mol. The number of nitro groups is 1. The predicted octanol–water partition coefficient (Wildman–Crippen LogP) is 4.84. The van der Waals surface area contributed by atoms with Gasteiger partial charge in [0.2, 0.25) is 0 Å². The number of hydrogen-bond donors (Lipinski definition) is 0. The number of methoxy groups -OCH3 is 1. The highest BCUT2D eigenvalue weighted by Gasteiger charge is 2.18. The van der Waals surface area contributed by atoms with Gasteiger partial charge in [-0.15, -0.1) is 0 Å². The molecule has 0 saturated heterocycles. The Morgan fingerprint density at radius 1 is 1.32 bits per heavy atom. The molecule has 0 fully saturated rings. The molecule has 0 aliphatic rings. The van der Waals surface area contributed by atoms with E-state index in [-0.39, 0.29) is 10.7 Å². The Bertz CT molecular complexity index is 892. The number of fused-ring (bicyclic) bond motifs is 1. The molecule has 1 aromatic heterocycles. The maximum atomic E-state index is 11.1. The Kier molecular flexibility index (Phi) is 3.72. The third-order valence-corrected chi connectivity index (χ3v) is 4.52. The molecule has 3 rings (SSSR count). The van der Waals surface area contributed by atoms with Crippen molar-refractivity contribution >= 4 is 38.9 Å². The van der Waals surface area contributed by atoms with E-state index in [0.717, 1.165) is 27.0 Å². The molecular weight excluding hydrogens is 324 g/mol. The first-order valence-corrected chi connectivity index (χ1v) is 7.54. The van der Waals surface area contributed by atoms with E-state index in [0.29, 0.717) is 5.69 Å². The summed E-state index contributed by atoms with van der Waals surface area (Å²) in [5.41, 5.74) is 2.47. The molecule has 0 spiro atoms. The van der Waals surface area contributed by atoms with E-state index in [1.54, 1.807) is 13.2 Å². The van der Waals surface area contributed by atoms with Crippen LogP contribution in [0.2, 0.25) is 5.02 Å². The fourth-order valence-corrected chi connectivity index (χ4v) is 3.44. The van der Waals surface area contributed by atoms with Gasteiger partial charge >= 0.3 is 0 Å². The average molecular weight is 335 g/mol. The van der Waals surface area contributed by atoms with Crippen molar-refractivity contribution < 1.29 is 9.66 Å². The standard InChI is InChI=1S/C15H11ClN2O3S/c1-8-5-9(3-4-13(8)21-2)15-10-6-12(18(19)20)11(16)7-14(10)22-17-15/h3-7H,1-2H3. The van der Waals surface area contributed by atoms with Crippen LogP contribution in [0.1, 0.15) is 5.56 Å². The number of hydrogen-bond acceptors (Lipinski definition) is 5. The number of aromatic nitrogens is 1. The predicted molar refractivity (Wildman–Crippen MR) is 88.0 cm³/mol. The summed E-state index contributed by atoms with van der Waals surface area (Å²) in [7, 11) is 1.62. The van der Waals surface area contributed by atoms with Crippen molar-refractivity contribution in [3.63, 3.8) is 0 Å². The fourth-order valence-electron chi connectivity index (χ4n) is 2.32. The number of nitro benzene ring substituents is 1. The summed E-state index contributed by atoms with van der Waals surface area (Å²) in [4.78, 5) is 10.6. The van der Waals surface area contributed by atoms with Crippen LogP contribution in [0.25, 0.3) is 21.3 Å². The number of benzene rings is 2. The highest BCUT2D eigenvalue weighted by molar-refractivity contribution is 7.13. The lowest BCUT2D eigenvalue weighted by Gasteiger charge is -2.06. The van der Waals surface area contributed by atoms with E-state index in [9.17, 15) is 10.1 Å². The van der Waals surface area contributed by atoms with Crippen molar-refractivity contribution in [2.45, 2.75) is 6.92 Å². The minimum Gasteiger partial charge on any atom is -0.496 e. The number of halogens is 1. The molecule has 22 heavy (non-hydrogen) atoms. The van der Waals surface area contributed by atoms with Gasteiger partial charge < -0.3 is 4.74 Å². The molecule has 0 N–H and O–H groups in total. The minimum absolute atomic E-state index is 0.110. The van der Waals surface area contributed by atoms with Gasteiger partial charge in [0.15, 0.2) is 0 Å². The smallest absolute Gasteiger partial charge is 0.288 e. The third kappa shape index (κ3) is 2.40. The molecule has 7 heteroatoms. The van der Waals surface area contributed by atoms with Crippen molar-refractivity contribution in [3.8, 4) is 17.0 Å². The van der Waals surface area contributed by atoms with Gasteiger partial charge in [-0.1, -0.05) is 11.6 Å². The quantitative estimate of drug-likeness (QED) is 0.507. The Balaban J connectivity index is 2.21. The normalized spacial score (nSPS) is 10.9. The number of nitrogens with zero attached hydrogens (tertiary/aromatic N) is 2. The van der Waals surface area contributed by atoms with Gasteiger partial charge in [0, 0.05) is 17.0 Å². The van der Waals surface area contributed by atoms with Gasteiger partial charge in [0.05, 0.1) is 22.4 Å². The van der Waals surface area contributed by atoms with Crippen LogP contribution in [-0.4, -0.2) is 16.4 Å². The summed E-state index contributed by atoms with van der Waals surface area (Å²) < 4.78 is 10.5. The van der Waals surface area contributed by atoms with Gasteiger partial charge in [-0.25, -0.2) is 0 Å². The Morgan fingerprint density at radius 2 is 2.09 bits per heavy atom. The van der Waals surface area contributed by atoms with Crippen molar-refractivity contribution in [2.75, 3.05) is 7.11 Å². The van der Waals surface area contributed by atoms with Crippen LogP contribution in [0.15, 0.2) is 30.3 Å². The lowest BCUT2D eigenvalue weighted by Crippen LogP contribution is -1.90. The van der Waals surface area contributed by atoms with Crippen LogP contribution in [-0.2, 0) is 0 Å². The first kappa shape index (κ1) is 14.7. The summed E-state index contributed by atoms with van der Waals surface area (Å²) in [5, 5.41) is 11.9. The highest BCUT2D eigenvalue weighted by atomic mass is 35.5.